The third-order valence-electron chi connectivity index (χ3n) is 4.65. The predicted molar refractivity (Wildman–Crippen MR) is 104 cm³/mol. The number of benzene rings is 1. The summed E-state index contributed by atoms with van der Waals surface area (Å²) in [4.78, 5) is 25.4. The van der Waals surface area contributed by atoms with Gasteiger partial charge in [0.1, 0.15) is 6.33 Å². The Morgan fingerprint density at radius 3 is 2.52 bits per heavy atom. The van der Waals surface area contributed by atoms with Crippen molar-refractivity contribution < 1.29 is 14.3 Å². The zero-order chi connectivity index (χ0) is 21.0. The summed E-state index contributed by atoms with van der Waals surface area (Å²) in [6, 6.07) is 8.66. The Hall–Kier alpha value is -3.56. The summed E-state index contributed by atoms with van der Waals surface area (Å²) in [7, 11) is 1.79. The van der Waals surface area contributed by atoms with Crippen molar-refractivity contribution in [1.29, 1.82) is 0 Å². The van der Waals surface area contributed by atoms with E-state index in [1.165, 1.54) is 17.9 Å². The average molecular weight is 397 g/mol. The molecule has 2 atom stereocenters. The average Bonchev–Trinajstić information content (AvgIpc) is 3.31. The van der Waals surface area contributed by atoms with Gasteiger partial charge in [0.15, 0.2) is 12.1 Å². The molecule has 0 saturated carbocycles. The molecule has 3 aromatic rings. The first-order valence-electron chi connectivity index (χ1n) is 9.14. The van der Waals surface area contributed by atoms with E-state index in [0.29, 0.717) is 17.8 Å². The Morgan fingerprint density at radius 2 is 1.93 bits per heavy atom. The smallest absolute Gasteiger partial charge is 0.332 e. The number of amides is 1. The van der Waals surface area contributed by atoms with Crippen LogP contribution in [-0.4, -0.2) is 48.0 Å². The van der Waals surface area contributed by atoms with Crippen LogP contribution in [0.1, 0.15) is 29.9 Å². The molecule has 0 aliphatic carbocycles. The molecule has 152 valence electrons. The second-order valence-corrected chi connectivity index (χ2v) is 6.73. The van der Waals surface area contributed by atoms with Crippen LogP contribution in [0.3, 0.4) is 0 Å². The Bertz CT molecular complexity index is 983. The summed E-state index contributed by atoms with van der Waals surface area (Å²) in [5, 5.41) is 18.1. The minimum absolute atomic E-state index is 0.333. The van der Waals surface area contributed by atoms with Crippen LogP contribution in [0.25, 0.3) is 0 Å². The van der Waals surface area contributed by atoms with Crippen LogP contribution in [0.2, 0.25) is 0 Å². The largest absolute Gasteiger partial charge is 0.451 e. The third kappa shape index (κ3) is 4.65. The van der Waals surface area contributed by atoms with Crippen LogP contribution in [0.4, 0.5) is 5.69 Å². The molecule has 1 N–H and O–H groups in total. The van der Waals surface area contributed by atoms with Gasteiger partial charge < -0.3 is 10.1 Å². The first kappa shape index (κ1) is 20.2. The predicted octanol–water partition coefficient (Wildman–Crippen LogP) is 1.38. The lowest BCUT2D eigenvalue weighted by atomic mass is 10.1. The van der Waals surface area contributed by atoms with Gasteiger partial charge in [-0.1, -0.05) is 30.3 Å². The summed E-state index contributed by atoms with van der Waals surface area (Å²) in [6.07, 6.45) is 0.679. The molecule has 0 aliphatic rings. The molecule has 0 bridgehead atoms. The molecule has 0 aliphatic heterocycles. The highest BCUT2D eigenvalue weighted by Gasteiger charge is 2.28. The summed E-state index contributed by atoms with van der Waals surface area (Å²) in [5.74, 6) is -1.03. The Morgan fingerprint density at radius 1 is 1.21 bits per heavy atom. The number of nitrogens with one attached hydrogen (secondary N) is 1. The van der Waals surface area contributed by atoms with Crippen molar-refractivity contribution in [2.75, 3.05) is 5.32 Å². The number of carbonyl (C=O) groups is 2. The van der Waals surface area contributed by atoms with E-state index in [1.807, 2.05) is 37.3 Å². The van der Waals surface area contributed by atoms with E-state index >= 15 is 0 Å². The van der Waals surface area contributed by atoms with E-state index < -0.39 is 24.0 Å². The van der Waals surface area contributed by atoms with E-state index in [0.717, 1.165) is 11.3 Å². The molecular formula is C19H23N7O3. The number of aromatic nitrogens is 6. The van der Waals surface area contributed by atoms with Crippen molar-refractivity contribution >= 4 is 17.6 Å². The van der Waals surface area contributed by atoms with Crippen LogP contribution >= 0.6 is 0 Å². The first-order valence-corrected chi connectivity index (χ1v) is 9.14. The molecule has 1 amide bonds. The van der Waals surface area contributed by atoms with Crippen molar-refractivity contribution in [3.63, 3.8) is 0 Å². The van der Waals surface area contributed by atoms with E-state index in [9.17, 15) is 9.59 Å². The number of carbonyl (C=O) groups excluding carboxylic acids is 2. The summed E-state index contributed by atoms with van der Waals surface area (Å²) in [6.45, 7) is 5.17. The number of nitrogens with zero attached hydrogens (tertiary/aromatic N) is 6. The number of ether oxygens (including phenoxy) is 1. The number of anilines is 1. The van der Waals surface area contributed by atoms with Crippen LogP contribution in [0.5, 0.6) is 0 Å². The van der Waals surface area contributed by atoms with Gasteiger partial charge in [0.25, 0.3) is 5.91 Å². The van der Waals surface area contributed by atoms with Crippen molar-refractivity contribution in [2.24, 2.45) is 7.05 Å². The maximum Gasteiger partial charge on any atom is 0.332 e. The fraction of sp³-hybridized carbons (Fsp3) is 0.368. The normalized spacial score (nSPS) is 13.0. The second-order valence-electron chi connectivity index (χ2n) is 6.73. The maximum atomic E-state index is 12.8. The first-order chi connectivity index (χ1) is 13.9. The summed E-state index contributed by atoms with van der Waals surface area (Å²) in [5.41, 5.74) is 3.03. The van der Waals surface area contributed by atoms with E-state index in [-0.39, 0.29) is 0 Å². The van der Waals surface area contributed by atoms with Crippen LogP contribution in [0, 0.1) is 13.8 Å². The minimum atomic E-state index is -1.00. The van der Waals surface area contributed by atoms with Gasteiger partial charge in [0.05, 0.1) is 17.1 Å². The van der Waals surface area contributed by atoms with Gasteiger partial charge in [0, 0.05) is 13.5 Å². The van der Waals surface area contributed by atoms with Crippen molar-refractivity contribution in [3.8, 4) is 0 Å². The van der Waals surface area contributed by atoms with Gasteiger partial charge in [0.2, 0.25) is 0 Å². The zero-order valence-corrected chi connectivity index (χ0v) is 16.7. The number of esters is 1. The molecule has 0 radical (unpaired) electrons. The van der Waals surface area contributed by atoms with Crippen LogP contribution < -0.4 is 5.32 Å². The maximum absolute atomic E-state index is 12.8. The highest BCUT2D eigenvalue weighted by molar-refractivity contribution is 5.96. The summed E-state index contributed by atoms with van der Waals surface area (Å²) >= 11 is 0. The molecule has 10 heteroatoms. The molecule has 0 unspecified atom stereocenters. The number of rotatable bonds is 7. The highest BCUT2D eigenvalue weighted by atomic mass is 16.5. The Kier molecular flexibility index (Phi) is 6.01. The van der Waals surface area contributed by atoms with Gasteiger partial charge in [-0.05, 0) is 36.8 Å². The molecule has 29 heavy (non-hydrogen) atoms. The lowest BCUT2D eigenvalue weighted by Crippen LogP contribution is -2.34. The molecular weight excluding hydrogens is 374 g/mol. The van der Waals surface area contributed by atoms with Crippen molar-refractivity contribution in [1.82, 2.24) is 30.0 Å². The third-order valence-corrected chi connectivity index (χ3v) is 4.65. The van der Waals surface area contributed by atoms with E-state index in [4.69, 9.17) is 4.74 Å². The van der Waals surface area contributed by atoms with E-state index in [2.05, 4.69) is 25.9 Å². The number of aryl methyl sites for hydroxylation is 2. The number of hydrogen-bond acceptors (Lipinski definition) is 7. The lowest BCUT2D eigenvalue weighted by Gasteiger charge is -2.19. The van der Waals surface area contributed by atoms with Gasteiger partial charge in [-0.15, -0.1) is 5.10 Å². The molecule has 0 spiro atoms. The second kappa shape index (κ2) is 8.63. The van der Waals surface area contributed by atoms with Crippen molar-refractivity contribution in [2.45, 2.75) is 39.3 Å². The minimum Gasteiger partial charge on any atom is -0.451 e. The van der Waals surface area contributed by atoms with E-state index in [1.54, 1.807) is 18.7 Å². The molecule has 10 nitrogen and oxygen atoms in total. The summed E-state index contributed by atoms with van der Waals surface area (Å²) < 4.78 is 8.44. The number of tetrazole rings is 1. The molecule has 3 rings (SSSR count). The molecule has 0 saturated heterocycles. The molecule has 0 fully saturated rings. The molecule has 2 aromatic heterocycles. The van der Waals surface area contributed by atoms with Crippen LogP contribution in [0.15, 0.2) is 36.7 Å². The Labute approximate surface area is 167 Å². The van der Waals surface area contributed by atoms with Crippen LogP contribution in [-0.2, 0) is 27.8 Å². The topological polar surface area (TPSA) is 117 Å². The van der Waals surface area contributed by atoms with Gasteiger partial charge in [-0.3, -0.25) is 9.48 Å². The SMILES string of the molecule is Cc1nn(C)c(C)c1NC(=O)[C@@H](C)OC(=O)[C@@H](Cc1ccccc1)n1cnnn1. The highest BCUT2D eigenvalue weighted by Crippen LogP contribution is 2.20. The fourth-order valence-electron chi connectivity index (χ4n) is 2.92. The standard InChI is InChI=1S/C19H23N7O3/c1-12-17(13(2)25(4)22-12)21-18(27)14(3)29-19(28)16(26-11-20-23-24-26)10-15-8-6-5-7-9-15/h5-9,11,14,16H,10H2,1-4H3,(H,21,27)/t14-,16-/m1/s1. The number of hydrogen-bond donors (Lipinski definition) is 1. The molecule has 1 aromatic carbocycles. The van der Waals surface area contributed by atoms with Gasteiger partial charge >= 0.3 is 5.97 Å². The van der Waals surface area contributed by atoms with Gasteiger partial charge in [-0.2, -0.15) is 5.10 Å². The zero-order valence-electron chi connectivity index (χ0n) is 16.7. The van der Waals surface area contributed by atoms with Gasteiger partial charge in [-0.25, -0.2) is 9.48 Å². The fourth-order valence-corrected chi connectivity index (χ4v) is 2.92. The monoisotopic (exact) mass is 397 g/mol. The Balaban J connectivity index is 1.70. The molecule has 2 heterocycles. The van der Waals surface area contributed by atoms with Crippen molar-refractivity contribution in [3.05, 3.63) is 53.6 Å². The quantitative estimate of drug-likeness (QED) is 0.599. The lowest BCUT2D eigenvalue weighted by molar-refractivity contribution is -0.156.